The van der Waals surface area contributed by atoms with Crippen molar-refractivity contribution in [1.82, 2.24) is 10.3 Å². The van der Waals surface area contributed by atoms with Crippen molar-refractivity contribution in [1.29, 1.82) is 0 Å². The highest BCUT2D eigenvalue weighted by molar-refractivity contribution is 6.31. The Morgan fingerprint density at radius 3 is 2.80 bits per heavy atom. The first-order chi connectivity index (χ1) is 9.72. The van der Waals surface area contributed by atoms with E-state index in [0.29, 0.717) is 6.04 Å². The van der Waals surface area contributed by atoms with Gasteiger partial charge in [0.15, 0.2) is 0 Å². The zero-order chi connectivity index (χ0) is 14.4. The smallest absolute Gasteiger partial charge is 0.128 e. The highest BCUT2D eigenvalue weighted by Crippen LogP contribution is 2.27. The number of nitrogens with zero attached hydrogens (tertiary/aromatic N) is 2. The largest absolute Gasteiger partial charge is 0.357 e. The fraction of sp³-hybridized carbons (Fsp3) is 0.688. The molecule has 1 aliphatic carbocycles. The SMILES string of the molecule is CCCNCc1cc(N(C)C2CCCCC2)ncc1Cl. The predicted molar refractivity (Wildman–Crippen MR) is 86.5 cm³/mol. The molecule has 0 amide bonds. The maximum Gasteiger partial charge on any atom is 0.128 e. The van der Waals surface area contributed by atoms with Crippen LogP contribution in [0.15, 0.2) is 12.3 Å². The van der Waals surface area contributed by atoms with Crippen molar-refractivity contribution < 1.29 is 0 Å². The molecule has 0 atom stereocenters. The van der Waals surface area contributed by atoms with Crippen LogP contribution in [0.25, 0.3) is 0 Å². The Morgan fingerprint density at radius 1 is 1.35 bits per heavy atom. The summed E-state index contributed by atoms with van der Waals surface area (Å²) in [6.07, 6.45) is 9.55. The maximum absolute atomic E-state index is 6.24. The first-order valence-electron chi connectivity index (χ1n) is 7.80. The van der Waals surface area contributed by atoms with Crippen molar-refractivity contribution >= 4 is 17.4 Å². The Bertz CT molecular complexity index is 416. The summed E-state index contributed by atoms with van der Waals surface area (Å²) in [5, 5.41) is 4.17. The van der Waals surface area contributed by atoms with E-state index in [1.54, 1.807) is 6.20 Å². The second-order valence-electron chi connectivity index (χ2n) is 5.71. The molecule has 2 rings (SSSR count). The van der Waals surface area contributed by atoms with Gasteiger partial charge >= 0.3 is 0 Å². The van der Waals surface area contributed by atoms with Crippen LogP contribution in [0.3, 0.4) is 0 Å². The lowest BCUT2D eigenvalue weighted by Gasteiger charge is -2.32. The number of aromatic nitrogens is 1. The van der Waals surface area contributed by atoms with Gasteiger partial charge in [-0.2, -0.15) is 0 Å². The lowest BCUT2D eigenvalue weighted by Crippen LogP contribution is -2.34. The first-order valence-corrected chi connectivity index (χ1v) is 8.18. The topological polar surface area (TPSA) is 28.2 Å². The summed E-state index contributed by atoms with van der Waals surface area (Å²) in [6, 6.07) is 2.77. The summed E-state index contributed by atoms with van der Waals surface area (Å²) in [7, 11) is 2.16. The molecule has 0 spiro atoms. The third kappa shape index (κ3) is 4.10. The number of anilines is 1. The number of pyridine rings is 1. The molecule has 4 heteroatoms. The fourth-order valence-electron chi connectivity index (χ4n) is 2.85. The van der Waals surface area contributed by atoms with Gasteiger partial charge in [0.1, 0.15) is 5.82 Å². The Labute approximate surface area is 127 Å². The Kier molecular flexibility index (Phi) is 6.11. The van der Waals surface area contributed by atoms with Gasteiger partial charge in [-0.1, -0.05) is 37.8 Å². The van der Waals surface area contributed by atoms with E-state index in [1.807, 2.05) is 0 Å². The highest BCUT2D eigenvalue weighted by atomic mass is 35.5. The summed E-state index contributed by atoms with van der Waals surface area (Å²) >= 11 is 6.24. The molecule has 0 bridgehead atoms. The zero-order valence-corrected chi connectivity index (χ0v) is 13.4. The minimum atomic E-state index is 0.633. The van der Waals surface area contributed by atoms with Crippen LogP contribution in [-0.2, 0) is 6.54 Å². The molecule has 1 saturated carbocycles. The fourth-order valence-corrected chi connectivity index (χ4v) is 3.02. The van der Waals surface area contributed by atoms with Gasteiger partial charge in [-0.05, 0) is 37.4 Å². The summed E-state index contributed by atoms with van der Waals surface area (Å²) in [6.45, 7) is 4.01. The normalized spacial score (nSPS) is 16.4. The van der Waals surface area contributed by atoms with Crippen LogP contribution in [-0.4, -0.2) is 24.6 Å². The van der Waals surface area contributed by atoms with E-state index in [1.165, 1.54) is 32.1 Å². The Balaban J connectivity index is 2.05. The van der Waals surface area contributed by atoms with Crippen LogP contribution in [0.2, 0.25) is 5.02 Å². The van der Waals surface area contributed by atoms with Gasteiger partial charge in [-0.3, -0.25) is 0 Å². The molecule has 1 aliphatic rings. The number of hydrogen-bond acceptors (Lipinski definition) is 3. The molecule has 0 unspecified atom stereocenters. The van der Waals surface area contributed by atoms with Crippen molar-refractivity contribution in [2.45, 2.75) is 58.0 Å². The lowest BCUT2D eigenvalue weighted by molar-refractivity contribution is 0.426. The van der Waals surface area contributed by atoms with Crippen LogP contribution in [0.4, 0.5) is 5.82 Å². The van der Waals surface area contributed by atoms with Crippen molar-refractivity contribution in [3.63, 3.8) is 0 Å². The quantitative estimate of drug-likeness (QED) is 0.804. The van der Waals surface area contributed by atoms with E-state index < -0.39 is 0 Å². The molecular formula is C16H26ClN3. The van der Waals surface area contributed by atoms with E-state index >= 15 is 0 Å². The standard InChI is InChI=1S/C16H26ClN3/c1-3-9-18-11-13-10-16(19-12-15(13)17)20(2)14-7-5-4-6-8-14/h10,12,14,18H,3-9,11H2,1-2H3. The second-order valence-corrected chi connectivity index (χ2v) is 6.12. The maximum atomic E-state index is 6.24. The van der Waals surface area contributed by atoms with Gasteiger partial charge < -0.3 is 10.2 Å². The Morgan fingerprint density at radius 2 is 2.10 bits per heavy atom. The molecule has 1 aromatic rings. The highest BCUT2D eigenvalue weighted by Gasteiger charge is 2.19. The van der Waals surface area contributed by atoms with Gasteiger partial charge in [0.05, 0.1) is 5.02 Å². The van der Waals surface area contributed by atoms with Crippen molar-refractivity contribution in [3.8, 4) is 0 Å². The molecule has 0 aliphatic heterocycles. The number of nitrogens with one attached hydrogen (secondary N) is 1. The minimum absolute atomic E-state index is 0.633. The van der Waals surface area contributed by atoms with Crippen LogP contribution < -0.4 is 10.2 Å². The Hall–Kier alpha value is -0.800. The number of rotatable bonds is 6. The van der Waals surface area contributed by atoms with Gasteiger partial charge in [0.2, 0.25) is 0 Å². The molecule has 1 N–H and O–H groups in total. The van der Waals surface area contributed by atoms with Crippen LogP contribution in [0, 0.1) is 0 Å². The molecule has 3 nitrogen and oxygen atoms in total. The van der Waals surface area contributed by atoms with E-state index in [4.69, 9.17) is 11.6 Å². The van der Waals surface area contributed by atoms with E-state index in [9.17, 15) is 0 Å². The molecule has 112 valence electrons. The molecule has 1 heterocycles. The lowest BCUT2D eigenvalue weighted by atomic mass is 9.94. The van der Waals surface area contributed by atoms with Crippen LogP contribution in [0.5, 0.6) is 0 Å². The average molecular weight is 296 g/mol. The van der Waals surface area contributed by atoms with Gasteiger partial charge in [0, 0.05) is 25.8 Å². The first kappa shape index (κ1) is 15.6. The van der Waals surface area contributed by atoms with Gasteiger partial charge in [-0.15, -0.1) is 0 Å². The predicted octanol–water partition coefficient (Wildman–Crippen LogP) is 4.00. The summed E-state index contributed by atoms with van der Waals surface area (Å²) in [5.74, 6) is 1.05. The molecule has 1 aromatic heterocycles. The molecular weight excluding hydrogens is 270 g/mol. The van der Waals surface area contributed by atoms with Crippen LogP contribution >= 0.6 is 11.6 Å². The average Bonchev–Trinajstić information content (AvgIpc) is 2.49. The zero-order valence-electron chi connectivity index (χ0n) is 12.7. The third-order valence-electron chi connectivity index (χ3n) is 4.15. The third-order valence-corrected chi connectivity index (χ3v) is 4.49. The molecule has 0 radical (unpaired) electrons. The van der Waals surface area contributed by atoms with Gasteiger partial charge in [-0.25, -0.2) is 4.98 Å². The van der Waals surface area contributed by atoms with Gasteiger partial charge in [0.25, 0.3) is 0 Å². The summed E-state index contributed by atoms with van der Waals surface area (Å²) < 4.78 is 0. The second kappa shape index (κ2) is 7.84. The van der Waals surface area contributed by atoms with Crippen molar-refractivity contribution in [3.05, 3.63) is 22.8 Å². The van der Waals surface area contributed by atoms with E-state index in [2.05, 4.69) is 35.2 Å². The van der Waals surface area contributed by atoms with Crippen molar-refractivity contribution in [2.24, 2.45) is 0 Å². The van der Waals surface area contributed by atoms with E-state index in [-0.39, 0.29) is 0 Å². The summed E-state index contributed by atoms with van der Waals surface area (Å²) in [5.41, 5.74) is 1.15. The number of hydrogen-bond donors (Lipinski definition) is 1. The molecule has 0 aromatic carbocycles. The number of halogens is 1. The van der Waals surface area contributed by atoms with Crippen molar-refractivity contribution in [2.75, 3.05) is 18.5 Å². The minimum Gasteiger partial charge on any atom is -0.357 e. The molecule has 0 saturated heterocycles. The monoisotopic (exact) mass is 295 g/mol. The molecule has 1 fully saturated rings. The van der Waals surface area contributed by atoms with Crippen LogP contribution in [0.1, 0.15) is 51.0 Å². The molecule has 20 heavy (non-hydrogen) atoms. The van der Waals surface area contributed by atoms with E-state index in [0.717, 1.165) is 35.9 Å². The summed E-state index contributed by atoms with van der Waals surface area (Å²) in [4.78, 5) is 6.84.